The molecule has 2 heterocycles. The summed E-state index contributed by atoms with van der Waals surface area (Å²) in [5.74, 6) is -0.581. The predicted octanol–water partition coefficient (Wildman–Crippen LogP) is 3.55. The van der Waals surface area contributed by atoms with E-state index in [1.165, 1.54) is 22.9 Å². The van der Waals surface area contributed by atoms with Gasteiger partial charge in [0.15, 0.2) is 0 Å². The lowest BCUT2D eigenvalue weighted by Gasteiger charge is -2.15. The molecule has 0 unspecified atom stereocenters. The van der Waals surface area contributed by atoms with Crippen LogP contribution < -0.4 is 5.32 Å². The number of fused-ring (bicyclic) bond motifs is 1. The quantitative estimate of drug-likeness (QED) is 0.780. The molecule has 0 aliphatic heterocycles. The van der Waals surface area contributed by atoms with Crippen molar-refractivity contribution in [3.05, 3.63) is 53.3 Å². The van der Waals surface area contributed by atoms with E-state index in [4.69, 9.17) is 0 Å². The number of aryl methyl sites for hydroxylation is 2. The number of hydrogen-bond acceptors (Lipinski definition) is 3. The second-order valence-corrected chi connectivity index (χ2v) is 5.31. The maximum absolute atomic E-state index is 13.5. The first kappa shape index (κ1) is 16.0. The van der Waals surface area contributed by atoms with E-state index in [0.717, 1.165) is 6.20 Å². The summed E-state index contributed by atoms with van der Waals surface area (Å²) in [6.45, 7) is 1.72. The fourth-order valence-electron chi connectivity index (χ4n) is 2.53. The van der Waals surface area contributed by atoms with Gasteiger partial charge in [-0.3, -0.25) is 14.5 Å². The SMILES string of the molecule is Cc1cc(NC(=O)c2cnc3ccccc3c2C(F)(F)F)n(C)n1. The van der Waals surface area contributed by atoms with Gasteiger partial charge in [0, 0.05) is 24.7 Å². The molecule has 3 aromatic rings. The van der Waals surface area contributed by atoms with Gasteiger partial charge in [0.25, 0.3) is 5.91 Å². The molecular formula is C16H13F3N4O. The minimum Gasteiger partial charge on any atom is -0.307 e. The Balaban J connectivity index is 2.11. The van der Waals surface area contributed by atoms with Crippen LogP contribution in [0.4, 0.5) is 19.0 Å². The van der Waals surface area contributed by atoms with Gasteiger partial charge in [0.2, 0.25) is 0 Å². The molecule has 124 valence electrons. The topological polar surface area (TPSA) is 59.8 Å². The highest BCUT2D eigenvalue weighted by atomic mass is 19.4. The second-order valence-electron chi connectivity index (χ2n) is 5.31. The maximum atomic E-state index is 13.5. The molecule has 0 radical (unpaired) electrons. The van der Waals surface area contributed by atoms with Crippen molar-refractivity contribution in [1.82, 2.24) is 14.8 Å². The Kier molecular flexibility index (Phi) is 3.75. The fraction of sp³-hybridized carbons (Fsp3) is 0.188. The van der Waals surface area contributed by atoms with E-state index in [0.29, 0.717) is 11.5 Å². The number of hydrogen-bond donors (Lipinski definition) is 1. The van der Waals surface area contributed by atoms with Crippen LogP contribution in [0.5, 0.6) is 0 Å². The molecule has 1 N–H and O–H groups in total. The van der Waals surface area contributed by atoms with Crippen LogP contribution in [0.15, 0.2) is 36.5 Å². The van der Waals surface area contributed by atoms with Crippen LogP contribution in [0.2, 0.25) is 0 Å². The van der Waals surface area contributed by atoms with Gasteiger partial charge in [0.05, 0.1) is 22.3 Å². The molecule has 0 bridgehead atoms. The number of aromatic nitrogens is 3. The molecule has 0 aliphatic rings. The van der Waals surface area contributed by atoms with Crippen LogP contribution in [-0.4, -0.2) is 20.7 Å². The normalized spacial score (nSPS) is 11.7. The highest BCUT2D eigenvalue weighted by Gasteiger charge is 2.37. The number of para-hydroxylation sites is 1. The molecule has 1 aromatic carbocycles. The van der Waals surface area contributed by atoms with Gasteiger partial charge in [-0.2, -0.15) is 18.3 Å². The first-order valence-corrected chi connectivity index (χ1v) is 7.04. The van der Waals surface area contributed by atoms with E-state index in [9.17, 15) is 18.0 Å². The third-order valence-corrected chi connectivity index (χ3v) is 3.55. The third-order valence-electron chi connectivity index (χ3n) is 3.55. The zero-order valence-electron chi connectivity index (χ0n) is 12.8. The first-order valence-electron chi connectivity index (χ1n) is 7.04. The fourth-order valence-corrected chi connectivity index (χ4v) is 2.53. The Bertz CT molecular complexity index is 931. The van der Waals surface area contributed by atoms with Crippen molar-refractivity contribution in [3.8, 4) is 0 Å². The minimum absolute atomic E-state index is 0.112. The summed E-state index contributed by atoms with van der Waals surface area (Å²) in [7, 11) is 1.59. The van der Waals surface area contributed by atoms with E-state index >= 15 is 0 Å². The maximum Gasteiger partial charge on any atom is 0.417 e. The Labute approximate surface area is 135 Å². The average Bonchev–Trinajstić information content (AvgIpc) is 2.82. The number of anilines is 1. The molecule has 24 heavy (non-hydrogen) atoms. The van der Waals surface area contributed by atoms with Crippen molar-refractivity contribution in [3.63, 3.8) is 0 Å². The third kappa shape index (κ3) is 2.82. The Morgan fingerprint density at radius 2 is 1.96 bits per heavy atom. The molecule has 0 spiro atoms. The molecule has 0 aliphatic carbocycles. The van der Waals surface area contributed by atoms with E-state index in [2.05, 4.69) is 15.4 Å². The van der Waals surface area contributed by atoms with Crippen LogP contribution >= 0.6 is 0 Å². The summed E-state index contributed by atoms with van der Waals surface area (Å²) in [5, 5.41) is 6.38. The number of alkyl halides is 3. The summed E-state index contributed by atoms with van der Waals surface area (Å²) in [6, 6.07) is 7.41. The van der Waals surface area contributed by atoms with Gasteiger partial charge in [-0.05, 0) is 13.0 Å². The van der Waals surface area contributed by atoms with Gasteiger partial charge >= 0.3 is 6.18 Å². The number of benzene rings is 1. The van der Waals surface area contributed by atoms with Crippen molar-refractivity contribution in [2.24, 2.45) is 7.05 Å². The monoisotopic (exact) mass is 334 g/mol. The van der Waals surface area contributed by atoms with Crippen molar-refractivity contribution >= 4 is 22.6 Å². The van der Waals surface area contributed by atoms with Crippen molar-refractivity contribution in [2.75, 3.05) is 5.32 Å². The van der Waals surface area contributed by atoms with Crippen LogP contribution in [-0.2, 0) is 13.2 Å². The number of pyridine rings is 1. The molecule has 0 fully saturated rings. The van der Waals surface area contributed by atoms with Crippen LogP contribution in [0.25, 0.3) is 10.9 Å². The van der Waals surface area contributed by atoms with Crippen molar-refractivity contribution in [2.45, 2.75) is 13.1 Å². The van der Waals surface area contributed by atoms with Crippen LogP contribution in [0.1, 0.15) is 21.6 Å². The Hall–Kier alpha value is -2.90. The number of amides is 1. The van der Waals surface area contributed by atoms with Crippen molar-refractivity contribution < 1.29 is 18.0 Å². The second kappa shape index (κ2) is 5.63. The summed E-state index contributed by atoms with van der Waals surface area (Å²) < 4.78 is 42.0. The summed E-state index contributed by atoms with van der Waals surface area (Å²) in [5.41, 5.74) is -0.706. The van der Waals surface area contributed by atoms with E-state index < -0.39 is 23.2 Å². The van der Waals surface area contributed by atoms with Gasteiger partial charge < -0.3 is 5.32 Å². The van der Waals surface area contributed by atoms with Gasteiger partial charge in [-0.1, -0.05) is 18.2 Å². The number of nitrogens with zero attached hydrogens (tertiary/aromatic N) is 3. The van der Waals surface area contributed by atoms with Crippen LogP contribution in [0, 0.1) is 6.92 Å². The highest BCUT2D eigenvalue weighted by molar-refractivity contribution is 6.07. The minimum atomic E-state index is -4.68. The van der Waals surface area contributed by atoms with E-state index in [1.807, 2.05) is 0 Å². The molecule has 3 rings (SSSR count). The summed E-state index contributed by atoms with van der Waals surface area (Å²) in [4.78, 5) is 16.4. The smallest absolute Gasteiger partial charge is 0.307 e. The zero-order chi connectivity index (χ0) is 17.5. The highest BCUT2D eigenvalue weighted by Crippen LogP contribution is 2.37. The van der Waals surface area contributed by atoms with E-state index in [-0.39, 0.29) is 10.9 Å². The zero-order valence-corrected chi connectivity index (χ0v) is 12.8. The molecule has 2 aromatic heterocycles. The Morgan fingerprint density at radius 3 is 2.58 bits per heavy atom. The van der Waals surface area contributed by atoms with E-state index in [1.54, 1.807) is 26.1 Å². The van der Waals surface area contributed by atoms with Gasteiger partial charge in [0.1, 0.15) is 5.82 Å². The molecular weight excluding hydrogens is 321 g/mol. The number of rotatable bonds is 2. The lowest BCUT2D eigenvalue weighted by molar-refractivity contribution is -0.136. The lowest BCUT2D eigenvalue weighted by Crippen LogP contribution is -2.20. The van der Waals surface area contributed by atoms with Gasteiger partial charge in [-0.15, -0.1) is 0 Å². The van der Waals surface area contributed by atoms with Crippen LogP contribution in [0.3, 0.4) is 0 Å². The summed E-state index contributed by atoms with van der Waals surface area (Å²) in [6.07, 6.45) is -3.73. The number of carbonyl (C=O) groups is 1. The number of halogens is 3. The summed E-state index contributed by atoms with van der Waals surface area (Å²) >= 11 is 0. The Morgan fingerprint density at radius 1 is 1.25 bits per heavy atom. The standard InChI is InChI=1S/C16H13F3N4O/c1-9-7-13(23(2)22-9)21-15(24)11-8-20-12-6-4-3-5-10(12)14(11)16(17,18)19/h3-8H,1-2H3,(H,21,24). The first-order chi connectivity index (χ1) is 11.3. The molecule has 1 amide bonds. The van der Waals surface area contributed by atoms with Gasteiger partial charge in [-0.25, -0.2) is 0 Å². The molecule has 0 saturated carbocycles. The number of nitrogens with one attached hydrogen (secondary N) is 1. The predicted molar refractivity (Wildman–Crippen MR) is 82.6 cm³/mol. The molecule has 5 nitrogen and oxygen atoms in total. The molecule has 8 heteroatoms. The average molecular weight is 334 g/mol. The molecule has 0 saturated heterocycles. The largest absolute Gasteiger partial charge is 0.417 e. The molecule has 0 atom stereocenters. The number of carbonyl (C=O) groups excluding carboxylic acids is 1. The van der Waals surface area contributed by atoms with Crippen molar-refractivity contribution in [1.29, 1.82) is 0 Å². The lowest BCUT2D eigenvalue weighted by atomic mass is 10.0.